The number of rotatable bonds is 6. The van der Waals surface area contributed by atoms with Gasteiger partial charge in [-0.1, -0.05) is 31.2 Å². The summed E-state index contributed by atoms with van der Waals surface area (Å²) >= 11 is 9.77. The Labute approximate surface area is 160 Å². The Balaban J connectivity index is 1.92. The quantitative estimate of drug-likeness (QED) is 0.441. The minimum atomic E-state index is -1.15. The van der Waals surface area contributed by atoms with Crippen molar-refractivity contribution in [2.75, 3.05) is 12.3 Å². The van der Waals surface area contributed by atoms with Crippen molar-refractivity contribution in [3.8, 4) is 11.5 Å². The molecule has 0 saturated heterocycles. The Kier molecular flexibility index (Phi) is 5.19. The summed E-state index contributed by atoms with van der Waals surface area (Å²) in [5, 5.41) is 0.463. The Bertz CT molecular complexity index is 903. The number of aromatic nitrogens is 5. The Morgan fingerprint density at radius 3 is 2.84 bits per heavy atom. The minimum absolute atomic E-state index is 0.301. The first kappa shape index (κ1) is 18.4. The molecule has 0 spiro atoms. The molecule has 10 heteroatoms. The lowest BCUT2D eigenvalue weighted by molar-refractivity contribution is 0.0884. The molecule has 7 nitrogen and oxygen atoms in total. The Morgan fingerprint density at radius 1 is 1.36 bits per heavy atom. The normalized spacial score (nSPS) is 12.2. The fraction of sp³-hybridized carbons (Fsp3) is 0.400. The molecule has 0 amide bonds. The molecule has 0 aromatic carbocycles. The van der Waals surface area contributed by atoms with Crippen LogP contribution in [0.25, 0.3) is 22.6 Å². The average molecular weight is 444 g/mol. The maximum absolute atomic E-state index is 6.39. The van der Waals surface area contributed by atoms with Gasteiger partial charge in [0, 0.05) is 20.9 Å². The first-order valence-corrected chi connectivity index (χ1v) is 12.7. The van der Waals surface area contributed by atoms with Crippen LogP contribution in [0.4, 0.5) is 5.95 Å². The number of imidazole rings is 2. The van der Waals surface area contributed by atoms with E-state index in [9.17, 15) is 0 Å². The predicted molar refractivity (Wildman–Crippen MR) is 106 cm³/mol. The van der Waals surface area contributed by atoms with Crippen LogP contribution in [0, 0.1) is 0 Å². The lowest BCUT2D eigenvalue weighted by atomic mass is 10.3. The highest BCUT2D eigenvalue weighted by molar-refractivity contribution is 9.10. The van der Waals surface area contributed by atoms with Crippen molar-refractivity contribution in [3.63, 3.8) is 0 Å². The lowest BCUT2D eigenvalue weighted by Crippen LogP contribution is -2.22. The molecular formula is C15H20BrClN6OSi. The van der Waals surface area contributed by atoms with E-state index in [1.54, 1.807) is 10.8 Å². The Morgan fingerprint density at radius 2 is 2.12 bits per heavy atom. The van der Waals surface area contributed by atoms with Crippen LogP contribution < -0.4 is 5.73 Å². The van der Waals surface area contributed by atoms with Gasteiger partial charge >= 0.3 is 0 Å². The number of hydrogen-bond acceptors (Lipinski definition) is 5. The molecule has 0 atom stereocenters. The summed E-state index contributed by atoms with van der Waals surface area (Å²) in [5.41, 5.74) is 7.82. The number of nitrogens with one attached hydrogen (secondary N) is 1. The van der Waals surface area contributed by atoms with Gasteiger partial charge in [-0.05, 0) is 28.0 Å². The molecule has 3 aromatic rings. The second-order valence-corrected chi connectivity index (χ2v) is 13.7. The number of hydrogen-bond donors (Lipinski definition) is 2. The molecule has 0 radical (unpaired) electrons. The van der Waals surface area contributed by atoms with E-state index in [2.05, 4.69) is 55.5 Å². The number of fused-ring (bicyclic) bond motifs is 1. The molecule has 25 heavy (non-hydrogen) atoms. The highest BCUT2D eigenvalue weighted by atomic mass is 79.9. The number of pyridine rings is 1. The van der Waals surface area contributed by atoms with Crippen LogP contribution in [-0.4, -0.2) is 39.2 Å². The zero-order chi connectivity index (χ0) is 18.2. The number of nitrogens with zero attached hydrogens (tertiary/aromatic N) is 4. The highest BCUT2D eigenvalue weighted by Gasteiger charge is 2.20. The monoisotopic (exact) mass is 442 g/mol. The SMILES string of the molecule is C[Si](C)(C)CCOCn1c(-c2nccc3[nH]c(N)nc23)nc(Br)c1Cl. The van der Waals surface area contributed by atoms with Gasteiger partial charge in [0.25, 0.3) is 0 Å². The van der Waals surface area contributed by atoms with Crippen LogP contribution in [0.3, 0.4) is 0 Å². The second kappa shape index (κ2) is 7.06. The zero-order valence-corrected chi connectivity index (χ0v) is 17.6. The summed E-state index contributed by atoms with van der Waals surface area (Å²) in [5.74, 6) is 0.917. The van der Waals surface area contributed by atoms with E-state index < -0.39 is 8.07 Å². The van der Waals surface area contributed by atoms with Gasteiger partial charge in [-0.25, -0.2) is 9.97 Å². The summed E-state index contributed by atoms with van der Waals surface area (Å²) in [4.78, 5) is 16.2. The smallest absolute Gasteiger partial charge is 0.198 e. The van der Waals surface area contributed by atoms with E-state index in [4.69, 9.17) is 22.1 Å². The van der Waals surface area contributed by atoms with Gasteiger partial charge in [-0.2, -0.15) is 0 Å². The number of halogens is 2. The van der Waals surface area contributed by atoms with E-state index in [1.165, 1.54) is 0 Å². The van der Waals surface area contributed by atoms with Crippen molar-refractivity contribution in [2.24, 2.45) is 0 Å². The molecular weight excluding hydrogens is 424 g/mol. The highest BCUT2D eigenvalue weighted by Crippen LogP contribution is 2.31. The van der Waals surface area contributed by atoms with Crippen LogP contribution in [0.5, 0.6) is 0 Å². The van der Waals surface area contributed by atoms with E-state index in [0.717, 1.165) is 11.6 Å². The van der Waals surface area contributed by atoms with Crippen molar-refractivity contribution in [1.82, 2.24) is 24.5 Å². The van der Waals surface area contributed by atoms with Gasteiger partial charge in [-0.3, -0.25) is 9.55 Å². The van der Waals surface area contributed by atoms with Crippen molar-refractivity contribution in [3.05, 3.63) is 22.0 Å². The standard InChI is InChI=1S/C15H20BrClN6OSi/c1-25(2,3)7-6-24-8-23-13(17)12(16)22-14(23)11-10-9(4-5-19-11)20-15(18)21-10/h4-5H,6-8H2,1-3H3,(H3,18,20,21). The first-order valence-electron chi connectivity index (χ1n) is 7.86. The van der Waals surface area contributed by atoms with E-state index >= 15 is 0 Å². The van der Waals surface area contributed by atoms with Crippen LogP contribution in [0.1, 0.15) is 0 Å². The van der Waals surface area contributed by atoms with E-state index in [1.807, 2.05) is 6.07 Å². The summed E-state index contributed by atoms with van der Waals surface area (Å²) in [6, 6.07) is 2.90. The van der Waals surface area contributed by atoms with Crippen LogP contribution in [-0.2, 0) is 11.5 Å². The van der Waals surface area contributed by atoms with Gasteiger partial charge in [0.2, 0.25) is 0 Å². The van der Waals surface area contributed by atoms with Gasteiger partial charge < -0.3 is 15.5 Å². The third-order valence-corrected chi connectivity index (χ3v) is 6.58. The predicted octanol–water partition coefficient (Wildman–Crippen LogP) is 4.13. The van der Waals surface area contributed by atoms with Gasteiger partial charge in [0.15, 0.2) is 11.8 Å². The summed E-state index contributed by atoms with van der Waals surface area (Å²) in [6.07, 6.45) is 1.68. The van der Waals surface area contributed by atoms with Gasteiger partial charge in [-0.15, -0.1) is 0 Å². The number of H-pyrrole nitrogens is 1. The van der Waals surface area contributed by atoms with Crippen LogP contribution >= 0.6 is 27.5 Å². The van der Waals surface area contributed by atoms with Crippen LogP contribution in [0.2, 0.25) is 30.8 Å². The van der Waals surface area contributed by atoms with Crippen LogP contribution in [0.15, 0.2) is 16.9 Å². The van der Waals surface area contributed by atoms with Gasteiger partial charge in [0.1, 0.15) is 27.7 Å². The fourth-order valence-corrected chi connectivity index (χ4v) is 3.66. The maximum atomic E-state index is 6.39. The fourth-order valence-electron chi connectivity index (χ4n) is 2.35. The van der Waals surface area contributed by atoms with Crippen molar-refractivity contribution in [2.45, 2.75) is 32.4 Å². The minimum Gasteiger partial charge on any atom is -0.369 e. The molecule has 0 fully saturated rings. The molecule has 0 aliphatic rings. The van der Waals surface area contributed by atoms with Crippen molar-refractivity contribution >= 4 is 52.6 Å². The number of anilines is 1. The lowest BCUT2D eigenvalue weighted by Gasteiger charge is -2.16. The van der Waals surface area contributed by atoms with Crippen molar-refractivity contribution < 1.29 is 4.74 Å². The maximum Gasteiger partial charge on any atom is 0.198 e. The second-order valence-electron chi connectivity index (χ2n) is 6.97. The average Bonchev–Trinajstić information content (AvgIpc) is 3.03. The molecule has 0 saturated carbocycles. The summed E-state index contributed by atoms with van der Waals surface area (Å²) in [6.45, 7) is 7.93. The van der Waals surface area contributed by atoms with Gasteiger partial charge in [0.05, 0.1) is 5.52 Å². The summed E-state index contributed by atoms with van der Waals surface area (Å²) < 4.78 is 8.16. The number of nitrogens with two attached hydrogens (primary N) is 1. The van der Waals surface area contributed by atoms with Crippen molar-refractivity contribution in [1.29, 1.82) is 0 Å². The third-order valence-electron chi connectivity index (χ3n) is 3.71. The largest absolute Gasteiger partial charge is 0.369 e. The molecule has 3 aromatic heterocycles. The Hall–Kier alpha value is -1.42. The molecule has 0 unspecified atom stereocenters. The molecule has 0 aliphatic heterocycles. The molecule has 0 bridgehead atoms. The molecule has 134 valence electrons. The molecule has 0 aliphatic carbocycles. The summed E-state index contributed by atoms with van der Waals surface area (Å²) in [7, 11) is -1.15. The molecule has 3 heterocycles. The number of ether oxygens (including phenoxy) is 1. The zero-order valence-electron chi connectivity index (χ0n) is 14.3. The number of nitrogen functional groups attached to an aromatic ring is 1. The first-order chi connectivity index (χ1) is 11.8. The molecule has 3 N–H and O–H groups in total. The van der Waals surface area contributed by atoms with E-state index in [0.29, 0.717) is 46.1 Å². The topological polar surface area (TPSA) is 94.6 Å². The van der Waals surface area contributed by atoms with E-state index in [-0.39, 0.29) is 0 Å². The number of aromatic amines is 1. The third kappa shape index (κ3) is 4.05. The molecule has 3 rings (SSSR count).